The standard InChI is InChI=1S/C14H24N2O4S/c1-21(19,20)15-11-7-13(8-11)5-6-16(10-13)14(3-2-4-14)9-12(17)18/h11,15H,2-10H2,1H3,(H,17,18). The molecule has 0 radical (unpaired) electrons. The predicted octanol–water partition coefficient (Wildman–Crippen LogP) is 0.787. The van der Waals surface area contributed by atoms with Gasteiger partial charge in [0.25, 0.3) is 0 Å². The van der Waals surface area contributed by atoms with Crippen LogP contribution in [0.5, 0.6) is 0 Å². The Kier molecular flexibility index (Phi) is 3.58. The molecule has 0 amide bonds. The van der Waals surface area contributed by atoms with Gasteiger partial charge in [0.1, 0.15) is 0 Å². The fourth-order valence-corrected chi connectivity index (χ4v) is 5.29. The molecule has 3 rings (SSSR count). The van der Waals surface area contributed by atoms with Gasteiger partial charge in [-0.2, -0.15) is 0 Å². The van der Waals surface area contributed by atoms with Gasteiger partial charge in [-0.15, -0.1) is 0 Å². The highest BCUT2D eigenvalue weighted by molar-refractivity contribution is 7.88. The Morgan fingerprint density at radius 3 is 2.48 bits per heavy atom. The first-order chi connectivity index (χ1) is 9.72. The highest BCUT2D eigenvalue weighted by atomic mass is 32.2. The lowest BCUT2D eigenvalue weighted by Gasteiger charge is -2.51. The first-order valence-corrected chi connectivity index (χ1v) is 9.55. The molecule has 1 aliphatic heterocycles. The van der Waals surface area contributed by atoms with E-state index in [9.17, 15) is 13.2 Å². The van der Waals surface area contributed by atoms with E-state index in [4.69, 9.17) is 5.11 Å². The first-order valence-electron chi connectivity index (χ1n) is 7.66. The third-order valence-corrected chi connectivity index (χ3v) is 6.37. The average molecular weight is 316 g/mol. The zero-order chi connectivity index (χ0) is 15.3. The normalized spacial score (nSPS) is 35.4. The van der Waals surface area contributed by atoms with Crippen LogP contribution in [0.1, 0.15) is 44.9 Å². The minimum atomic E-state index is -3.12. The van der Waals surface area contributed by atoms with Crippen LogP contribution < -0.4 is 4.72 Å². The number of nitrogens with one attached hydrogen (secondary N) is 1. The minimum absolute atomic E-state index is 0.0664. The maximum absolute atomic E-state index is 11.3. The predicted molar refractivity (Wildman–Crippen MR) is 78.5 cm³/mol. The summed E-state index contributed by atoms with van der Waals surface area (Å²) in [6.07, 6.45) is 7.38. The molecule has 1 heterocycles. The zero-order valence-corrected chi connectivity index (χ0v) is 13.3. The summed E-state index contributed by atoms with van der Waals surface area (Å²) in [7, 11) is -3.12. The van der Waals surface area contributed by atoms with E-state index in [0.29, 0.717) is 0 Å². The summed E-state index contributed by atoms with van der Waals surface area (Å²) in [5.41, 5.74) is 0.0914. The van der Waals surface area contributed by atoms with E-state index in [0.717, 1.165) is 51.6 Å². The van der Waals surface area contributed by atoms with Gasteiger partial charge in [0.2, 0.25) is 10.0 Å². The van der Waals surface area contributed by atoms with E-state index in [1.54, 1.807) is 0 Å². The van der Waals surface area contributed by atoms with E-state index in [2.05, 4.69) is 9.62 Å². The van der Waals surface area contributed by atoms with Gasteiger partial charge in [-0.1, -0.05) is 0 Å². The number of carboxylic acids is 1. The van der Waals surface area contributed by atoms with Crippen LogP contribution in [-0.4, -0.2) is 55.3 Å². The number of aliphatic carboxylic acids is 1. The number of rotatable bonds is 5. The van der Waals surface area contributed by atoms with E-state index in [1.807, 2.05) is 0 Å². The summed E-state index contributed by atoms with van der Waals surface area (Å²) in [5, 5.41) is 9.14. The lowest BCUT2D eigenvalue weighted by molar-refractivity contribution is -0.142. The van der Waals surface area contributed by atoms with Crippen LogP contribution in [0.3, 0.4) is 0 Å². The molecule has 1 saturated heterocycles. The molecule has 6 nitrogen and oxygen atoms in total. The van der Waals surface area contributed by atoms with Crippen molar-refractivity contribution in [1.82, 2.24) is 9.62 Å². The van der Waals surface area contributed by atoms with Crippen molar-refractivity contribution in [2.24, 2.45) is 5.41 Å². The second-order valence-electron chi connectivity index (χ2n) is 7.32. The van der Waals surface area contributed by atoms with Gasteiger partial charge in [-0.25, -0.2) is 13.1 Å². The smallest absolute Gasteiger partial charge is 0.305 e. The van der Waals surface area contributed by atoms with Crippen molar-refractivity contribution in [2.75, 3.05) is 19.3 Å². The van der Waals surface area contributed by atoms with Crippen LogP contribution in [0.4, 0.5) is 0 Å². The lowest BCUT2D eigenvalue weighted by atomic mass is 9.65. The fraction of sp³-hybridized carbons (Fsp3) is 0.929. The lowest BCUT2D eigenvalue weighted by Crippen LogP contribution is -2.57. The molecule has 0 aromatic heterocycles. The third-order valence-electron chi connectivity index (χ3n) is 5.61. The summed E-state index contributed by atoms with van der Waals surface area (Å²) in [6, 6.07) is 0.0664. The molecule has 0 unspecified atom stereocenters. The number of carboxylic acid groups (broad SMARTS) is 1. The number of nitrogens with zero attached hydrogens (tertiary/aromatic N) is 1. The van der Waals surface area contributed by atoms with Crippen molar-refractivity contribution in [1.29, 1.82) is 0 Å². The van der Waals surface area contributed by atoms with Gasteiger partial charge in [-0.05, 0) is 50.5 Å². The molecule has 2 N–H and O–H groups in total. The Hall–Kier alpha value is -0.660. The van der Waals surface area contributed by atoms with Gasteiger partial charge >= 0.3 is 5.97 Å². The molecule has 7 heteroatoms. The Labute approximate surface area is 125 Å². The van der Waals surface area contributed by atoms with Crippen molar-refractivity contribution in [3.8, 4) is 0 Å². The van der Waals surface area contributed by atoms with Gasteiger partial charge in [0.05, 0.1) is 12.7 Å². The third kappa shape index (κ3) is 2.96. The van der Waals surface area contributed by atoms with Crippen LogP contribution >= 0.6 is 0 Å². The van der Waals surface area contributed by atoms with Gasteiger partial charge in [0.15, 0.2) is 0 Å². The summed E-state index contributed by atoms with van der Waals surface area (Å²) in [5.74, 6) is -0.708. The molecule has 3 aliphatic rings. The fourth-order valence-electron chi connectivity index (χ4n) is 4.52. The van der Waals surface area contributed by atoms with Crippen LogP contribution in [0, 0.1) is 5.41 Å². The monoisotopic (exact) mass is 316 g/mol. The van der Waals surface area contributed by atoms with E-state index < -0.39 is 16.0 Å². The highest BCUT2D eigenvalue weighted by Gasteiger charge is 2.54. The van der Waals surface area contributed by atoms with Gasteiger partial charge < -0.3 is 5.11 Å². The minimum Gasteiger partial charge on any atom is -0.481 e. The molecular weight excluding hydrogens is 292 g/mol. The van der Waals surface area contributed by atoms with Gasteiger partial charge in [0, 0.05) is 18.1 Å². The van der Waals surface area contributed by atoms with Crippen molar-refractivity contribution >= 4 is 16.0 Å². The van der Waals surface area contributed by atoms with Crippen molar-refractivity contribution in [2.45, 2.75) is 56.5 Å². The summed E-state index contributed by atoms with van der Waals surface area (Å²) in [6.45, 7) is 1.89. The molecule has 0 aromatic rings. The first kappa shape index (κ1) is 15.2. The van der Waals surface area contributed by atoms with Crippen LogP contribution in [0.2, 0.25) is 0 Å². The molecule has 1 spiro atoms. The summed E-state index contributed by atoms with van der Waals surface area (Å²) in [4.78, 5) is 13.5. The molecule has 120 valence electrons. The van der Waals surface area contributed by atoms with Crippen molar-refractivity contribution in [3.05, 3.63) is 0 Å². The van der Waals surface area contributed by atoms with Crippen LogP contribution in [-0.2, 0) is 14.8 Å². The second kappa shape index (κ2) is 4.93. The largest absolute Gasteiger partial charge is 0.481 e. The average Bonchev–Trinajstić information content (AvgIpc) is 2.65. The summed E-state index contributed by atoms with van der Waals surface area (Å²) >= 11 is 0. The van der Waals surface area contributed by atoms with Crippen molar-refractivity contribution in [3.63, 3.8) is 0 Å². The molecule has 2 aliphatic carbocycles. The molecule has 0 bridgehead atoms. The van der Waals surface area contributed by atoms with E-state index in [-0.39, 0.29) is 23.4 Å². The topological polar surface area (TPSA) is 86.7 Å². The maximum atomic E-state index is 11.3. The molecule has 0 aromatic carbocycles. The number of sulfonamides is 1. The van der Waals surface area contributed by atoms with Gasteiger partial charge in [-0.3, -0.25) is 9.69 Å². The molecule has 3 fully saturated rings. The SMILES string of the molecule is CS(=O)(=O)NC1CC2(CCN(C3(CC(=O)O)CCC3)C2)C1. The second-order valence-corrected chi connectivity index (χ2v) is 9.10. The Balaban J connectivity index is 1.58. The highest BCUT2D eigenvalue weighted by Crippen LogP contribution is 2.53. The van der Waals surface area contributed by atoms with Crippen molar-refractivity contribution < 1.29 is 18.3 Å². The van der Waals surface area contributed by atoms with E-state index >= 15 is 0 Å². The zero-order valence-electron chi connectivity index (χ0n) is 12.5. The van der Waals surface area contributed by atoms with E-state index in [1.165, 1.54) is 6.26 Å². The quantitative estimate of drug-likeness (QED) is 0.783. The Morgan fingerprint density at radius 1 is 1.33 bits per heavy atom. The number of hydrogen-bond acceptors (Lipinski definition) is 4. The number of likely N-dealkylation sites (tertiary alicyclic amines) is 1. The number of hydrogen-bond donors (Lipinski definition) is 2. The molecule has 0 atom stereocenters. The molecule has 2 saturated carbocycles. The molecule has 21 heavy (non-hydrogen) atoms. The number of carbonyl (C=O) groups is 1. The Bertz CT molecular complexity index is 535. The molecular formula is C14H24N2O4S. The van der Waals surface area contributed by atoms with Crippen LogP contribution in [0.15, 0.2) is 0 Å². The van der Waals surface area contributed by atoms with Crippen LogP contribution in [0.25, 0.3) is 0 Å². The maximum Gasteiger partial charge on any atom is 0.305 e. The summed E-state index contributed by atoms with van der Waals surface area (Å²) < 4.78 is 25.2. The Morgan fingerprint density at radius 2 is 2.00 bits per heavy atom.